The number of benzene rings is 1. The highest BCUT2D eigenvalue weighted by atomic mass is 35.5. The maximum absolute atomic E-state index is 9.54. The molecule has 2 rings (SSSR count). The van der Waals surface area contributed by atoms with Crippen LogP contribution >= 0.6 is 11.6 Å². The molecule has 1 aliphatic heterocycles. The molecule has 3 heteroatoms. The molecule has 0 aromatic heterocycles. The summed E-state index contributed by atoms with van der Waals surface area (Å²) in [7, 11) is 0. The molecular formula is C15H22ClNO. The number of piperidine rings is 1. The molecule has 1 N–H and O–H groups in total. The Balaban J connectivity index is 2.18. The van der Waals surface area contributed by atoms with Gasteiger partial charge in [-0.25, -0.2) is 0 Å². The molecule has 2 nitrogen and oxygen atoms in total. The third-order valence-electron chi connectivity index (χ3n) is 4.31. The molecule has 1 aromatic rings. The standard InChI is InChI=1S/C15H22ClNO/c1-11-4-5-13(8-14(11)16)17-7-6-15(2,3)12(9-17)10-18/h4-5,8,12,18H,6-7,9-10H2,1-3H3. The highest BCUT2D eigenvalue weighted by Gasteiger charge is 2.35. The van der Waals surface area contributed by atoms with Gasteiger partial charge < -0.3 is 10.0 Å². The predicted octanol–water partition coefficient (Wildman–Crippen LogP) is 3.49. The van der Waals surface area contributed by atoms with E-state index in [2.05, 4.69) is 30.9 Å². The molecular weight excluding hydrogens is 246 g/mol. The molecule has 1 unspecified atom stereocenters. The molecule has 0 saturated carbocycles. The number of hydrogen-bond acceptors (Lipinski definition) is 2. The van der Waals surface area contributed by atoms with E-state index in [0.717, 1.165) is 30.1 Å². The van der Waals surface area contributed by atoms with Gasteiger partial charge in [0.25, 0.3) is 0 Å². The summed E-state index contributed by atoms with van der Waals surface area (Å²) >= 11 is 6.18. The molecule has 0 radical (unpaired) electrons. The van der Waals surface area contributed by atoms with Crippen molar-refractivity contribution < 1.29 is 5.11 Å². The topological polar surface area (TPSA) is 23.5 Å². The highest BCUT2D eigenvalue weighted by Crippen LogP contribution is 2.37. The molecule has 1 fully saturated rings. The van der Waals surface area contributed by atoms with Crippen molar-refractivity contribution in [1.29, 1.82) is 0 Å². The van der Waals surface area contributed by atoms with Gasteiger partial charge in [-0.1, -0.05) is 31.5 Å². The van der Waals surface area contributed by atoms with Crippen molar-refractivity contribution in [3.05, 3.63) is 28.8 Å². The van der Waals surface area contributed by atoms with E-state index in [-0.39, 0.29) is 12.0 Å². The predicted molar refractivity (Wildman–Crippen MR) is 77.4 cm³/mol. The lowest BCUT2D eigenvalue weighted by Gasteiger charge is -2.44. The summed E-state index contributed by atoms with van der Waals surface area (Å²) in [6.07, 6.45) is 1.10. The third-order valence-corrected chi connectivity index (χ3v) is 4.72. The average Bonchev–Trinajstić information content (AvgIpc) is 2.32. The van der Waals surface area contributed by atoms with Crippen LogP contribution in [0.2, 0.25) is 5.02 Å². The minimum absolute atomic E-state index is 0.222. The van der Waals surface area contributed by atoms with Gasteiger partial charge in [-0.3, -0.25) is 0 Å². The van der Waals surface area contributed by atoms with Crippen LogP contribution in [0.3, 0.4) is 0 Å². The van der Waals surface area contributed by atoms with E-state index in [0.29, 0.717) is 5.92 Å². The quantitative estimate of drug-likeness (QED) is 0.887. The Kier molecular flexibility index (Phi) is 3.88. The summed E-state index contributed by atoms with van der Waals surface area (Å²) in [6, 6.07) is 6.21. The summed E-state index contributed by atoms with van der Waals surface area (Å²) in [4.78, 5) is 2.33. The zero-order chi connectivity index (χ0) is 13.3. The Morgan fingerprint density at radius 1 is 1.44 bits per heavy atom. The van der Waals surface area contributed by atoms with Gasteiger partial charge in [-0.15, -0.1) is 0 Å². The number of aliphatic hydroxyl groups is 1. The fourth-order valence-electron chi connectivity index (χ4n) is 2.55. The van der Waals surface area contributed by atoms with E-state index < -0.39 is 0 Å². The van der Waals surface area contributed by atoms with Crippen LogP contribution in [-0.4, -0.2) is 24.8 Å². The summed E-state index contributed by atoms with van der Waals surface area (Å²) in [5, 5.41) is 10.4. The first-order valence-corrected chi connectivity index (χ1v) is 6.94. The number of hydrogen-bond donors (Lipinski definition) is 1. The maximum Gasteiger partial charge on any atom is 0.0481 e. The van der Waals surface area contributed by atoms with Crippen molar-refractivity contribution in [3.63, 3.8) is 0 Å². The summed E-state index contributed by atoms with van der Waals surface area (Å²) < 4.78 is 0. The van der Waals surface area contributed by atoms with Gasteiger partial charge in [-0.2, -0.15) is 0 Å². The first kappa shape index (κ1) is 13.7. The van der Waals surface area contributed by atoms with Crippen molar-refractivity contribution >= 4 is 17.3 Å². The molecule has 0 spiro atoms. The molecule has 1 heterocycles. The molecule has 0 aliphatic carbocycles. The monoisotopic (exact) mass is 267 g/mol. The Hall–Kier alpha value is -0.730. The number of nitrogens with zero attached hydrogens (tertiary/aromatic N) is 1. The normalized spacial score (nSPS) is 23.2. The lowest BCUT2D eigenvalue weighted by atomic mass is 9.73. The zero-order valence-electron chi connectivity index (χ0n) is 11.4. The molecule has 1 atom stereocenters. The Bertz CT molecular complexity index is 431. The Morgan fingerprint density at radius 3 is 2.78 bits per heavy atom. The lowest BCUT2D eigenvalue weighted by molar-refractivity contribution is 0.0968. The van der Waals surface area contributed by atoms with Gasteiger partial charge >= 0.3 is 0 Å². The second-order valence-corrected chi connectivity index (χ2v) is 6.40. The largest absolute Gasteiger partial charge is 0.396 e. The first-order valence-electron chi connectivity index (χ1n) is 6.56. The summed E-state index contributed by atoms with van der Waals surface area (Å²) in [5.41, 5.74) is 2.50. The summed E-state index contributed by atoms with van der Waals surface area (Å²) in [5.74, 6) is 0.325. The van der Waals surface area contributed by atoms with Crippen molar-refractivity contribution in [2.24, 2.45) is 11.3 Å². The van der Waals surface area contributed by atoms with Crippen LogP contribution in [0.5, 0.6) is 0 Å². The van der Waals surface area contributed by atoms with E-state index >= 15 is 0 Å². The minimum Gasteiger partial charge on any atom is -0.396 e. The second-order valence-electron chi connectivity index (χ2n) is 6.00. The van der Waals surface area contributed by atoms with E-state index in [4.69, 9.17) is 11.6 Å². The Labute approximate surface area is 115 Å². The van der Waals surface area contributed by atoms with Gasteiger partial charge in [0.05, 0.1) is 0 Å². The van der Waals surface area contributed by atoms with Crippen LogP contribution in [0, 0.1) is 18.3 Å². The molecule has 18 heavy (non-hydrogen) atoms. The molecule has 0 bridgehead atoms. The van der Waals surface area contributed by atoms with Crippen LogP contribution < -0.4 is 4.90 Å². The fraction of sp³-hybridized carbons (Fsp3) is 0.600. The van der Waals surface area contributed by atoms with Crippen molar-refractivity contribution in [2.75, 3.05) is 24.6 Å². The van der Waals surface area contributed by atoms with E-state index in [1.54, 1.807) is 0 Å². The molecule has 100 valence electrons. The minimum atomic E-state index is 0.222. The lowest BCUT2D eigenvalue weighted by Crippen LogP contribution is -2.46. The van der Waals surface area contributed by atoms with Crippen LogP contribution in [0.25, 0.3) is 0 Å². The number of anilines is 1. The molecule has 1 aliphatic rings. The number of halogens is 1. The smallest absolute Gasteiger partial charge is 0.0481 e. The van der Waals surface area contributed by atoms with Gasteiger partial charge in [0, 0.05) is 36.3 Å². The van der Waals surface area contributed by atoms with Gasteiger partial charge in [0.1, 0.15) is 0 Å². The molecule has 0 amide bonds. The van der Waals surface area contributed by atoms with Crippen molar-refractivity contribution in [3.8, 4) is 0 Å². The zero-order valence-corrected chi connectivity index (χ0v) is 12.2. The highest BCUT2D eigenvalue weighted by molar-refractivity contribution is 6.31. The van der Waals surface area contributed by atoms with E-state index in [1.807, 2.05) is 13.0 Å². The van der Waals surface area contributed by atoms with Crippen molar-refractivity contribution in [1.82, 2.24) is 0 Å². The van der Waals surface area contributed by atoms with E-state index in [1.165, 1.54) is 5.69 Å². The van der Waals surface area contributed by atoms with Gasteiger partial charge in [-0.05, 0) is 36.5 Å². The number of rotatable bonds is 2. The average molecular weight is 268 g/mol. The van der Waals surface area contributed by atoms with Crippen LogP contribution in [0.1, 0.15) is 25.8 Å². The molecule has 1 saturated heterocycles. The van der Waals surface area contributed by atoms with Crippen molar-refractivity contribution in [2.45, 2.75) is 27.2 Å². The maximum atomic E-state index is 9.54. The van der Waals surface area contributed by atoms with Crippen LogP contribution in [-0.2, 0) is 0 Å². The van der Waals surface area contributed by atoms with Crippen LogP contribution in [0.4, 0.5) is 5.69 Å². The first-order chi connectivity index (χ1) is 8.44. The SMILES string of the molecule is Cc1ccc(N2CCC(C)(C)C(CO)C2)cc1Cl. The fourth-order valence-corrected chi connectivity index (χ4v) is 2.72. The summed E-state index contributed by atoms with van der Waals surface area (Å²) in [6.45, 7) is 8.69. The Morgan fingerprint density at radius 2 is 2.17 bits per heavy atom. The second kappa shape index (κ2) is 5.10. The number of aryl methyl sites for hydroxylation is 1. The molecule has 1 aromatic carbocycles. The van der Waals surface area contributed by atoms with Crippen LogP contribution in [0.15, 0.2) is 18.2 Å². The number of aliphatic hydroxyl groups excluding tert-OH is 1. The van der Waals surface area contributed by atoms with Gasteiger partial charge in [0.2, 0.25) is 0 Å². The van der Waals surface area contributed by atoms with E-state index in [9.17, 15) is 5.11 Å². The third kappa shape index (κ3) is 2.65. The van der Waals surface area contributed by atoms with Gasteiger partial charge in [0.15, 0.2) is 0 Å².